The number of carbonyl (C=O) groups is 1. The van der Waals surface area contributed by atoms with E-state index < -0.39 is 0 Å². The van der Waals surface area contributed by atoms with Crippen LogP contribution in [0.1, 0.15) is 27.2 Å². The largest absolute Gasteiger partial charge is 0.444 e. The van der Waals surface area contributed by atoms with Crippen molar-refractivity contribution in [2.75, 3.05) is 31.1 Å². The number of thioether (sulfide) groups is 1. The Kier molecular flexibility index (Phi) is 3.93. The number of nitrogens with one attached hydrogen (secondary N) is 1. The maximum Gasteiger partial charge on any atom is 0.410 e. The Morgan fingerprint density at radius 1 is 1.35 bits per heavy atom. The quantitative estimate of drug-likeness (QED) is 0.867. The summed E-state index contributed by atoms with van der Waals surface area (Å²) in [7, 11) is 0. The first-order chi connectivity index (χ1) is 9.44. The molecule has 4 nitrogen and oxygen atoms in total. The fourth-order valence-electron chi connectivity index (χ4n) is 3.35. The van der Waals surface area contributed by atoms with Crippen LogP contribution in [-0.4, -0.2) is 53.8 Å². The number of fused-ring (bicyclic) bond motifs is 1. The zero-order valence-electron chi connectivity index (χ0n) is 12.7. The van der Waals surface area contributed by atoms with Gasteiger partial charge in [-0.05, 0) is 63.0 Å². The molecule has 20 heavy (non-hydrogen) atoms. The molecule has 0 aromatic rings. The molecule has 3 rings (SSSR count). The van der Waals surface area contributed by atoms with Crippen molar-refractivity contribution in [3.63, 3.8) is 0 Å². The molecule has 3 fully saturated rings. The molecule has 0 aromatic heterocycles. The van der Waals surface area contributed by atoms with E-state index in [9.17, 15) is 4.79 Å². The molecular formula is C15H26N2O2S. The van der Waals surface area contributed by atoms with Gasteiger partial charge in [0, 0.05) is 19.1 Å². The second-order valence-corrected chi connectivity index (χ2v) is 8.53. The predicted octanol–water partition coefficient (Wildman–Crippen LogP) is 2.19. The Labute approximate surface area is 126 Å². The molecule has 1 N–H and O–H groups in total. The highest BCUT2D eigenvalue weighted by molar-refractivity contribution is 7.99. The first-order valence-corrected chi connectivity index (χ1v) is 8.88. The van der Waals surface area contributed by atoms with E-state index in [4.69, 9.17) is 4.74 Å². The molecule has 0 radical (unpaired) electrons. The Bertz CT molecular complexity index is 365. The van der Waals surface area contributed by atoms with Crippen molar-refractivity contribution in [2.24, 2.45) is 17.8 Å². The van der Waals surface area contributed by atoms with Gasteiger partial charge in [-0.25, -0.2) is 4.79 Å². The summed E-state index contributed by atoms with van der Waals surface area (Å²) in [5.74, 6) is 4.84. The van der Waals surface area contributed by atoms with Gasteiger partial charge in [0.05, 0.1) is 0 Å². The fourth-order valence-corrected chi connectivity index (χ4v) is 4.64. The number of amides is 1. The average molecular weight is 298 g/mol. The van der Waals surface area contributed by atoms with E-state index in [1.807, 2.05) is 25.7 Å². The van der Waals surface area contributed by atoms with Crippen LogP contribution in [0.4, 0.5) is 4.79 Å². The van der Waals surface area contributed by atoms with E-state index >= 15 is 0 Å². The summed E-state index contributed by atoms with van der Waals surface area (Å²) in [6.07, 6.45) is 1.22. The van der Waals surface area contributed by atoms with Crippen LogP contribution >= 0.6 is 11.8 Å². The predicted molar refractivity (Wildman–Crippen MR) is 82.0 cm³/mol. The van der Waals surface area contributed by atoms with E-state index in [2.05, 4.69) is 17.1 Å². The molecule has 3 aliphatic rings. The highest BCUT2D eigenvalue weighted by Gasteiger charge is 2.57. The number of likely N-dealkylation sites (tertiary alicyclic amines) is 1. The zero-order chi connectivity index (χ0) is 14.3. The highest BCUT2D eigenvalue weighted by Crippen LogP contribution is 2.46. The van der Waals surface area contributed by atoms with Crippen LogP contribution in [-0.2, 0) is 4.74 Å². The van der Waals surface area contributed by atoms with Crippen molar-refractivity contribution < 1.29 is 9.53 Å². The number of hydrogen-bond donors (Lipinski definition) is 1. The first kappa shape index (κ1) is 14.5. The van der Waals surface area contributed by atoms with Gasteiger partial charge >= 0.3 is 6.09 Å². The lowest BCUT2D eigenvalue weighted by atomic mass is 10.1. The van der Waals surface area contributed by atoms with Crippen molar-refractivity contribution in [3.8, 4) is 0 Å². The van der Waals surface area contributed by atoms with E-state index in [0.29, 0.717) is 17.9 Å². The molecule has 0 spiro atoms. The Balaban J connectivity index is 1.38. The molecule has 1 aliphatic carbocycles. The molecule has 3 atom stereocenters. The second-order valence-electron chi connectivity index (χ2n) is 7.38. The van der Waals surface area contributed by atoms with E-state index in [-0.39, 0.29) is 11.7 Å². The minimum atomic E-state index is -0.387. The van der Waals surface area contributed by atoms with Gasteiger partial charge in [-0.15, -0.1) is 0 Å². The van der Waals surface area contributed by atoms with Gasteiger partial charge in [0.1, 0.15) is 5.60 Å². The molecule has 2 heterocycles. The molecule has 5 heteroatoms. The Hall–Kier alpha value is -0.420. The summed E-state index contributed by atoms with van der Waals surface area (Å²) < 4.78 is 5.43. The zero-order valence-corrected chi connectivity index (χ0v) is 13.5. The lowest BCUT2D eigenvalue weighted by Gasteiger charge is -2.26. The summed E-state index contributed by atoms with van der Waals surface area (Å²) in [4.78, 5) is 13.9. The minimum Gasteiger partial charge on any atom is -0.444 e. The number of rotatable bonds is 3. The second kappa shape index (κ2) is 5.41. The molecule has 2 saturated heterocycles. The van der Waals surface area contributed by atoms with Crippen LogP contribution in [0, 0.1) is 17.8 Å². The number of nitrogens with zero attached hydrogens (tertiary/aromatic N) is 1. The SMILES string of the molecule is CC(C)(C)OC(=O)N1CC2C(C1)C2NCC1CCSC1. The third-order valence-electron chi connectivity index (χ3n) is 4.51. The molecule has 0 bridgehead atoms. The van der Waals surface area contributed by atoms with Gasteiger partial charge in [-0.3, -0.25) is 0 Å². The molecule has 114 valence electrons. The summed E-state index contributed by atoms with van der Waals surface area (Å²) in [6, 6.07) is 0.652. The van der Waals surface area contributed by atoms with Gasteiger partial charge < -0.3 is 15.0 Å². The smallest absolute Gasteiger partial charge is 0.410 e. The molecule has 1 amide bonds. The maximum absolute atomic E-state index is 12.0. The third-order valence-corrected chi connectivity index (χ3v) is 5.74. The summed E-state index contributed by atoms with van der Waals surface area (Å²) in [5, 5.41) is 3.72. The van der Waals surface area contributed by atoms with Gasteiger partial charge in [0.25, 0.3) is 0 Å². The minimum absolute atomic E-state index is 0.143. The topological polar surface area (TPSA) is 41.6 Å². The molecule has 0 aromatic carbocycles. The number of piperidine rings is 1. The van der Waals surface area contributed by atoms with Gasteiger partial charge in [-0.1, -0.05) is 0 Å². The monoisotopic (exact) mass is 298 g/mol. The van der Waals surface area contributed by atoms with Crippen LogP contribution in [0.15, 0.2) is 0 Å². The maximum atomic E-state index is 12.0. The summed E-state index contributed by atoms with van der Waals surface area (Å²) >= 11 is 2.08. The van der Waals surface area contributed by atoms with Crippen LogP contribution in [0.25, 0.3) is 0 Å². The number of carbonyl (C=O) groups excluding carboxylic acids is 1. The van der Waals surface area contributed by atoms with Gasteiger partial charge in [0.15, 0.2) is 0 Å². The molecular weight excluding hydrogens is 272 g/mol. The normalized spacial score (nSPS) is 36.0. The lowest BCUT2D eigenvalue weighted by Crippen LogP contribution is -2.39. The van der Waals surface area contributed by atoms with Crippen LogP contribution in [0.3, 0.4) is 0 Å². The Morgan fingerprint density at radius 3 is 2.60 bits per heavy atom. The van der Waals surface area contributed by atoms with Crippen molar-refractivity contribution >= 4 is 17.9 Å². The third kappa shape index (κ3) is 3.25. The van der Waals surface area contributed by atoms with Gasteiger partial charge in [0.2, 0.25) is 0 Å². The van der Waals surface area contributed by atoms with Crippen LogP contribution in [0.2, 0.25) is 0 Å². The summed E-state index contributed by atoms with van der Waals surface area (Å²) in [6.45, 7) is 8.67. The molecule has 2 aliphatic heterocycles. The highest BCUT2D eigenvalue weighted by atomic mass is 32.2. The fraction of sp³-hybridized carbons (Fsp3) is 0.933. The van der Waals surface area contributed by atoms with E-state index in [1.54, 1.807) is 0 Å². The molecule has 3 unspecified atom stereocenters. The van der Waals surface area contributed by atoms with Crippen LogP contribution in [0.5, 0.6) is 0 Å². The number of hydrogen-bond acceptors (Lipinski definition) is 4. The van der Waals surface area contributed by atoms with Crippen molar-refractivity contribution in [1.82, 2.24) is 10.2 Å². The van der Waals surface area contributed by atoms with Gasteiger partial charge in [-0.2, -0.15) is 11.8 Å². The van der Waals surface area contributed by atoms with Crippen molar-refractivity contribution in [3.05, 3.63) is 0 Å². The average Bonchev–Trinajstić information content (AvgIpc) is 2.78. The number of ether oxygens (including phenoxy) is 1. The van der Waals surface area contributed by atoms with E-state index in [1.165, 1.54) is 17.9 Å². The van der Waals surface area contributed by atoms with E-state index in [0.717, 1.165) is 25.6 Å². The summed E-state index contributed by atoms with van der Waals surface area (Å²) in [5.41, 5.74) is -0.387. The standard InChI is InChI=1S/C15H26N2O2S/c1-15(2,3)19-14(18)17-7-11-12(8-17)13(11)16-6-10-4-5-20-9-10/h10-13,16H,4-9H2,1-3H3. The van der Waals surface area contributed by atoms with Crippen molar-refractivity contribution in [2.45, 2.75) is 38.8 Å². The van der Waals surface area contributed by atoms with Crippen LogP contribution < -0.4 is 5.32 Å². The first-order valence-electron chi connectivity index (χ1n) is 7.73. The lowest BCUT2D eigenvalue weighted by molar-refractivity contribution is 0.0269. The molecule has 1 saturated carbocycles. The Morgan fingerprint density at radius 2 is 2.05 bits per heavy atom. The van der Waals surface area contributed by atoms with Crippen molar-refractivity contribution in [1.29, 1.82) is 0 Å².